The van der Waals surface area contributed by atoms with Crippen LogP contribution in [0.15, 0.2) is 0 Å². The average molecular weight is 210 g/mol. The molecule has 0 rings (SSSR count). The lowest BCUT2D eigenvalue weighted by atomic mass is 10.2. The van der Waals surface area contributed by atoms with Gasteiger partial charge in [-0.05, 0) is 20.8 Å². The van der Waals surface area contributed by atoms with Crippen molar-refractivity contribution in [3.05, 3.63) is 0 Å². The van der Waals surface area contributed by atoms with E-state index in [1.54, 1.807) is 20.8 Å². The van der Waals surface area contributed by atoms with Crippen LogP contribution in [0.2, 0.25) is 0 Å². The van der Waals surface area contributed by atoms with Crippen molar-refractivity contribution in [3.63, 3.8) is 0 Å². The van der Waals surface area contributed by atoms with E-state index in [-0.39, 0.29) is 6.54 Å². The Morgan fingerprint density at radius 2 is 2.00 bits per heavy atom. The molecule has 0 aliphatic carbocycles. The van der Waals surface area contributed by atoms with E-state index in [1.165, 1.54) is 0 Å². The van der Waals surface area contributed by atoms with Gasteiger partial charge >= 0.3 is 6.09 Å². The van der Waals surface area contributed by atoms with E-state index in [2.05, 4.69) is 0 Å². The Kier molecular flexibility index (Phi) is 4.76. The Balaban J connectivity index is 4.04. The van der Waals surface area contributed by atoms with Crippen molar-refractivity contribution >= 4 is 6.09 Å². The summed E-state index contributed by atoms with van der Waals surface area (Å²) in [5.41, 5.74) is 4.33. The number of amides is 1. The van der Waals surface area contributed by atoms with Crippen LogP contribution in [0.25, 0.3) is 0 Å². The number of hydrogen-bond donors (Lipinski definition) is 2. The minimum Gasteiger partial charge on any atom is -0.444 e. The second kappa shape index (κ2) is 5.09. The zero-order valence-corrected chi connectivity index (χ0v) is 8.51. The van der Waals surface area contributed by atoms with Gasteiger partial charge in [-0.3, -0.25) is 0 Å². The van der Waals surface area contributed by atoms with Gasteiger partial charge in [-0.2, -0.15) is 0 Å². The molecule has 0 aromatic rings. The predicted molar refractivity (Wildman–Crippen MR) is 48.2 cm³/mol. The van der Waals surface area contributed by atoms with E-state index in [4.69, 9.17) is 10.5 Å². The third-order valence-corrected chi connectivity index (χ3v) is 1.26. The first kappa shape index (κ1) is 13.1. The summed E-state index contributed by atoms with van der Waals surface area (Å²) in [6.07, 6.45) is -3.57. The molecule has 0 heterocycles. The fourth-order valence-corrected chi connectivity index (χ4v) is 0.684. The lowest BCUT2D eigenvalue weighted by Crippen LogP contribution is -2.46. The van der Waals surface area contributed by atoms with E-state index in [9.17, 15) is 13.6 Å². The summed E-state index contributed by atoms with van der Waals surface area (Å²) in [6, 6.07) is -1.36. The number of nitrogens with two attached hydrogens (primary N) is 1. The molecule has 0 unspecified atom stereocenters. The summed E-state index contributed by atoms with van der Waals surface area (Å²) in [5, 5.41) is 1.99. The smallest absolute Gasteiger partial charge is 0.408 e. The van der Waals surface area contributed by atoms with Gasteiger partial charge in [-0.25, -0.2) is 13.6 Å². The zero-order chi connectivity index (χ0) is 11.4. The van der Waals surface area contributed by atoms with Crippen LogP contribution in [0.5, 0.6) is 0 Å². The van der Waals surface area contributed by atoms with Crippen LogP contribution < -0.4 is 11.1 Å². The van der Waals surface area contributed by atoms with Gasteiger partial charge in [0.2, 0.25) is 0 Å². The van der Waals surface area contributed by atoms with Crippen LogP contribution in [0.1, 0.15) is 20.8 Å². The summed E-state index contributed by atoms with van der Waals surface area (Å²) in [7, 11) is 0. The first-order valence-corrected chi connectivity index (χ1v) is 4.24. The Bertz CT molecular complexity index is 192. The van der Waals surface area contributed by atoms with Crippen LogP contribution in [-0.2, 0) is 4.74 Å². The van der Waals surface area contributed by atoms with E-state index >= 15 is 0 Å². The van der Waals surface area contributed by atoms with Crippen molar-refractivity contribution in [2.24, 2.45) is 5.73 Å². The van der Waals surface area contributed by atoms with Crippen molar-refractivity contribution in [2.75, 3.05) is 6.54 Å². The van der Waals surface area contributed by atoms with E-state index < -0.39 is 24.2 Å². The molecule has 0 saturated heterocycles. The van der Waals surface area contributed by atoms with Crippen LogP contribution in [0.4, 0.5) is 13.6 Å². The van der Waals surface area contributed by atoms with Crippen molar-refractivity contribution in [1.29, 1.82) is 0 Å². The monoisotopic (exact) mass is 210 g/mol. The van der Waals surface area contributed by atoms with Crippen molar-refractivity contribution < 1.29 is 18.3 Å². The van der Waals surface area contributed by atoms with Crippen molar-refractivity contribution in [2.45, 2.75) is 38.8 Å². The number of rotatable bonds is 3. The van der Waals surface area contributed by atoms with E-state index in [1.807, 2.05) is 5.32 Å². The van der Waals surface area contributed by atoms with Crippen molar-refractivity contribution in [3.8, 4) is 0 Å². The molecule has 3 N–H and O–H groups in total. The molecule has 0 fully saturated rings. The van der Waals surface area contributed by atoms with Crippen LogP contribution in [0, 0.1) is 0 Å². The lowest BCUT2D eigenvalue weighted by molar-refractivity contribution is 0.0385. The van der Waals surface area contributed by atoms with Gasteiger partial charge in [-0.1, -0.05) is 0 Å². The highest BCUT2D eigenvalue weighted by atomic mass is 19.3. The molecule has 0 radical (unpaired) electrons. The minimum absolute atomic E-state index is 0.323. The highest BCUT2D eigenvalue weighted by molar-refractivity contribution is 5.68. The fourth-order valence-electron chi connectivity index (χ4n) is 0.684. The summed E-state index contributed by atoms with van der Waals surface area (Å²) >= 11 is 0. The maximum Gasteiger partial charge on any atom is 0.408 e. The second-order valence-corrected chi connectivity index (χ2v) is 3.82. The molecule has 6 heteroatoms. The Morgan fingerprint density at radius 1 is 1.50 bits per heavy atom. The SMILES string of the molecule is CC(C)(C)OC(=O)N[C@@H](CN)C(F)F. The standard InChI is InChI=1S/C8H16F2N2O2/c1-8(2,3)14-7(13)12-5(4-11)6(9)10/h5-6H,4,11H2,1-3H3,(H,12,13)/t5-/m0/s1. The van der Waals surface area contributed by atoms with Gasteiger partial charge in [-0.15, -0.1) is 0 Å². The number of alkyl carbamates (subject to hydrolysis) is 1. The lowest BCUT2D eigenvalue weighted by Gasteiger charge is -2.22. The molecule has 0 spiro atoms. The summed E-state index contributed by atoms with van der Waals surface area (Å²) in [6.45, 7) is 4.61. The topological polar surface area (TPSA) is 64.3 Å². The summed E-state index contributed by atoms with van der Waals surface area (Å²) in [4.78, 5) is 11.0. The number of hydrogen-bond acceptors (Lipinski definition) is 3. The number of carbonyl (C=O) groups excluding carboxylic acids is 1. The molecule has 1 amide bonds. The number of nitrogens with one attached hydrogen (secondary N) is 1. The molecule has 0 aliphatic rings. The molecule has 4 nitrogen and oxygen atoms in total. The molecule has 1 atom stereocenters. The number of alkyl halides is 2. The third kappa shape index (κ3) is 5.69. The van der Waals surface area contributed by atoms with Gasteiger partial charge in [0, 0.05) is 6.54 Å². The maximum atomic E-state index is 12.1. The fraction of sp³-hybridized carbons (Fsp3) is 0.875. The number of ether oxygens (including phenoxy) is 1. The minimum atomic E-state index is -2.69. The largest absolute Gasteiger partial charge is 0.444 e. The predicted octanol–water partition coefficient (Wildman–Crippen LogP) is 1.10. The number of halogens is 2. The maximum absolute atomic E-state index is 12.1. The normalized spacial score (nSPS) is 13.9. The molecule has 0 aliphatic heterocycles. The zero-order valence-electron chi connectivity index (χ0n) is 8.51. The third-order valence-electron chi connectivity index (χ3n) is 1.26. The van der Waals surface area contributed by atoms with E-state index in [0.29, 0.717) is 0 Å². The molecule has 0 bridgehead atoms. The quantitative estimate of drug-likeness (QED) is 0.733. The Labute approximate surface area is 81.8 Å². The number of carbonyl (C=O) groups is 1. The summed E-state index contributed by atoms with van der Waals surface area (Å²) < 4.78 is 29.1. The highest BCUT2D eigenvalue weighted by Crippen LogP contribution is 2.07. The Hall–Kier alpha value is -0.910. The van der Waals surface area contributed by atoms with Crippen LogP contribution in [0.3, 0.4) is 0 Å². The molecular weight excluding hydrogens is 194 g/mol. The first-order valence-electron chi connectivity index (χ1n) is 4.24. The van der Waals surface area contributed by atoms with Gasteiger partial charge in [0.25, 0.3) is 6.43 Å². The van der Waals surface area contributed by atoms with Gasteiger partial charge in [0.05, 0.1) is 0 Å². The molecule has 0 saturated carbocycles. The Morgan fingerprint density at radius 3 is 2.29 bits per heavy atom. The molecule has 14 heavy (non-hydrogen) atoms. The average Bonchev–Trinajstić information content (AvgIpc) is 1.96. The molecule has 84 valence electrons. The molecule has 0 aromatic carbocycles. The van der Waals surface area contributed by atoms with Crippen LogP contribution in [-0.4, -0.2) is 30.7 Å². The van der Waals surface area contributed by atoms with Gasteiger partial charge in [0.15, 0.2) is 0 Å². The summed E-state index contributed by atoms with van der Waals surface area (Å²) in [5.74, 6) is 0. The van der Waals surface area contributed by atoms with Gasteiger partial charge < -0.3 is 15.8 Å². The van der Waals surface area contributed by atoms with Crippen molar-refractivity contribution in [1.82, 2.24) is 5.32 Å². The molecule has 0 aromatic heterocycles. The second-order valence-electron chi connectivity index (χ2n) is 3.82. The highest BCUT2D eigenvalue weighted by Gasteiger charge is 2.24. The van der Waals surface area contributed by atoms with Gasteiger partial charge in [0.1, 0.15) is 11.6 Å². The van der Waals surface area contributed by atoms with Crippen LogP contribution >= 0.6 is 0 Å². The van der Waals surface area contributed by atoms with E-state index in [0.717, 1.165) is 0 Å². The molecular formula is C8H16F2N2O2. The first-order chi connectivity index (χ1) is 6.26.